The number of hydrogen-bond donors (Lipinski definition) is 2. The van der Waals surface area contributed by atoms with E-state index in [1.54, 1.807) is 4.90 Å². The fourth-order valence-electron chi connectivity index (χ4n) is 2.04. The highest BCUT2D eigenvalue weighted by molar-refractivity contribution is 5.94. The predicted molar refractivity (Wildman–Crippen MR) is 69.9 cm³/mol. The van der Waals surface area contributed by atoms with Gasteiger partial charge < -0.3 is 15.3 Å². The Morgan fingerprint density at radius 1 is 1.30 bits per heavy atom. The highest BCUT2D eigenvalue weighted by atomic mass is 16.6. The minimum atomic E-state index is -1.26. The minimum Gasteiger partial charge on any atom is -0.478 e. The smallest absolute Gasteiger partial charge is 0.335 e. The van der Waals surface area contributed by atoms with Gasteiger partial charge in [0.15, 0.2) is 0 Å². The summed E-state index contributed by atoms with van der Waals surface area (Å²) in [6.07, 6.45) is 1.82. The number of hydrogen-bond acceptors (Lipinski definition) is 4. The Bertz CT molecular complexity index is 566. The molecule has 1 saturated heterocycles. The fraction of sp³-hybridized carbons (Fsp3) is 0.333. The zero-order valence-electron chi connectivity index (χ0n) is 10.5. The van der Waals surface area contributed by atoms with Crippen LogP contribution in [-0.2, 0) is 0 Å². The molecule has 0 saturated carbocycles. The molecular formula is C12H13N3O5. The molecule has 20 heavy (non-hydrogen) atoms. The number of amides is 2. The number of rotatable bonds is 3. The van der Waals surface area contributed by atoms with E-state index in [0.717, 1.165) is 18.9 Å². The number of carbonyl (C=O) groups excluding carboxylic acids is 1. The number of nitrogens with one attached hydrogen (secondary N) is 1. The normalized spacial score (nSPS) is 14.1. The first kappa shape index (κ1) is 13.8. The van der Waals surface area contributed by atoms with E-state index in [1.165, 1.54) is 12.1 Å². The standard InChI is InChI=1S/C12H13N3O5/c16-11(17)8-3-4-9(10(7-8)15(19)20)13-12(18)14-5-1-2-6-14/h3-4,7H,1-2,5-6H2,(H,13,18)(H,16,17). The van der Waals surface area contributed by atoms with Crippen molar-refractivity contribution in [2.45, 2.75) is 12.8 Å². The van der Waals surface area contributed by atoms with Crippen LogP contribution in [0.5, 0.6) is 0 Å². The van der Waals surface area contributed by atoms with Gasteiger partial charge in [-0.05, 0) is 25.0 Å². The van der Waals surface area contributed by atoms with E-state index in [0.29, 0.717) is 13.1 Å². The van der Waals surface area contributed by atoms with Crippen LogP contribution < -0.4 is 5.32 Å². The molecule has 0 aromatic heterocycles. The number of carbonyl (C=O) groups is 2. The summed E-state index contributed by atoms with van der Waals surface area (Å²) in [5.74, 6) is -1.26. The largest absolute Gasteiger partial charge is 0.478 e. The van der Waals surface area contributed by atoms with E-state index >= 15 is 0 Å². The average Bonchev–Trinajstić information content (AvgIpc) is 2.92. The minimum absolute atomic E-state index is 0.00287. The maximum Gasteiger partial charge on any atom is 0.335 e. The Hall–Kier alpha value is -2.64. The second kappa shape index (κ2) is 5.55. The molecule has 2 N–H and O–H groups in total. The number of urea groups is 1. The lowest BCUT2D eigenvalue weighted by molar-refractivity contribution is -0.383. The summed E-state index contributed by atoms with van der Waals surface area (Å²) >= 11 is 0. The van der Waals surface area contributed by atoms with E-state index in [1.807, 2.05) is 0 Å². The second-order valence-corrected chi connectivity index (χ2v) is 4.42. The molecule has 1 aromatic rings. The number of carboxylic acid groups (broad SMARTS) is 1. The third-order valence-electron chi connectivity index (χ3n) is 3.08. The first-order valence-electron chi connectivity index (χ1n) is 6.06. The highest BCUT2D eigenvalue weighted by Gasteiger charge is 2.22. The van der Waals surface area contributed by atoms with Gasteiger partial charge in [0.05, 0.1) is 10.5 Å². The molecule has 1 heterocycles. The van der Waals surface area contributed by atoms with Crippen LogP contribution in [0.3, 0.4) is 0 Å². The van der Waals surface area contributed by atoms with Gasteiger partial charge in [-0.15, -0.1) is 0 Å². The number of anilines is 1. The lowest BCUT2D eigenvalue weighted by Crippen LogP contribution is -2.32. The van der Waals surface area contributed by atoms with Crippen LogP contribution >= 0.6 is 0 Å². The van der Waals surface area contributed by atoms with Crippen LogP contribution in [0.2, 0.25) is 0 Å². The lowest BCUT2D eigenvalue weighted by Gasteiger charge is -2.16. The van der Waals surface area contributed by atoms with Crippen molar-refractivity contribution in [3.63, 3.8) is 0 Å². The number of benzene rings is 1. The summed E-state index contributed by atoms with van der Waals surface area (Å²) in [4.78, 5) is 34.5. The molecule has 0 spiro atoms. The Morgan fingerprint density at radius 3 is 2.50 bits per heavy atom. The lowest BCUT2D eigenvalue weighted by atomic mass is 10.1. The molecule has 0 unspecified atom stereocenters. The Morgan fingerprint density at radius 2 is 1.95 bits per heavy atom. The molecule has 1 aliphatic rings. The molecule has 2 rings (SSSR count). The van der Waals surface area contributed by atoms with E-state index < -0.39 is 22.6 Å². The van der Waals surface area contributed by atoms with Gasteiger partial charge in [0.25, 0.3) is 5.69 Å². The summed E-state index contributed by atoms with van der Waals surface area (Å²) in [5.41, 5.74) is -0.634. The molecule has 1 aliphatic heterocycles. The number of nitro groups is 1. The Kier molecular flexibility index (Phi) is 3.83. The molecule has 0 radical (unpaired) electrons. The number of carboxylic acids is 1. The van der Waals surface area contributed by atoms with E-state index in [4.69, 9.17) is 5.11 Å². The van der Waals surface area contributed by atoms with Crippen LogP contribution in [0, 0.1) is 10.1 Å². The quantitative estimate of drug-likeness (QED) is 0.648. The topological polar surface area (TPSA) is 113 Å². The van der Waals surface area contributed by atoms with Crippen molar-refractivity contribution >= 4 is 23.4 Å². The third kappa shape index (κ3) is 2.85. The SMILES string of the molecule is O=C(O)c1ccc(NC(=O)N2CCCC2)c([N+](=O)[O-])c1. The van der Waals surface area contributed by atoms with E-state index in [2.05, 4.69) is 5.32 Å². The third-order valence-corrected chi connectivity index (χ3v) is 3.08. The average molecular weight is 279 g/mol. The van der Waals surface area contributed by atoms with Crippen molar-refractivity contribution in [1.29, 1.82) is 0 Å². The molecule has 8 heteroatoms. The van der Waals surface area contributed by atoms with Crippen molar-refractivity contribution in [2.24, 2.45) is 0 Å². The monoisotopic (exact) mass is 279 g/mol. The Balaban J connectivity index is 2.24. The van der Waals surface area contributed by atoms with Gasteiger partial charge in [-0.3, -0.25) is 10.1 Å². The summed E-state index contributed by atoms with van der Waals surface area (Å²) in [6.45, 7) is 1.24. The number of nitro benzene ring substituents is 1. The van der Waals surface area contributed by atoms with Gasteiger partial charge >= 0.3 is 12.0 Å². The Labute approximate surface area is 114 Å². The molecule has 106 valence electrons. The van der Waals surface area contributed by atoms with Gasteiger partial charge in [0.2, 0.25) is 0 Å². The number of nitrogens with zero attached hydrogens (tertiary/aromatic N) is 2. The number of likely N-dealkylation sites (tertiary alicyclic amines) is 1. The van der Waals surface area contributed by atoms with Crippen molar-refractivity contribution in [3.05, 3.63) is 33.9 Å². The molecular weight excluding hydrogens is 266 g/mol. The predicted octanol–water partition coefficient (Wildman–Crippen LogP) is 1.92. The molecule has 0 atom stereocenters. The van der Waals surface area contributed by atoms with Crippen molar-refractivity contribution in [2.75, 3.05) is 18.4 Å². The van der Waals surface area contributed by atoms with Gasteiger partial charge in [0, 0.05) is 19.2 Å². The van der Waals surface area contributed by atoms with Gasteiger partial charge in [0.1, 0.15) is 5.69 Å². The highest BCUT2D eigenvalue weighted by Crippen LogP contribution is 2.26. The summed E-state index contributed by atoms with van der Waals surface area (Å²) in [5, 5.41) is 22.2. The van der Waals surface area contributed by atoms with E-state index in [-0.39, 0.29) is 11.3 Å². The van der Waals surface area contributed by atoms with Crippen molar-refractivity contribution in [1.82, 2.24) is 4.90 Å². The van der Waals surface area contributed by atoms with E-state index in [9.17, 15) is 19.7 Å². The molecule has 2 amide bonds. The van der Waals surface area contributed by atoms with Crippen molar-refractivity contribution in [3.8, 4) is 0 Å². The zero-order chi connectivity index (χ0) is 14.7. The second-order valence-electron chi connectivity index (χ2n) is 4.42. The van der Waals surface area contributed by atoms with Crippen LogP contribution in [0.25, 0.3) is 0 Å². The van der Waals surface area contributed by atoms with Crippen LogP contribution in [0.15, 0.2) is 18.2 Å². The van der Waals surface area contributed by atoms with Crippen LogP contribution in [0.4, 0.5) is 16.2 Å². The molecule has 1 aromatic carbocycles. The summed E-state index contributed by atoms with van der Waals surface area (Å²) in [6, 6.07) is 2.97. The van der Waals surface area contributed by atoms with Crippen LogP contribution in [0.1, 0.15) is 23.2 Å². The maximum absolute atomic E-state index is 11.9. The molecule has 1 fully saturated rings. The fourth-order valence-corrected chi connectivity index (χ4v) is 2.04. The number of aromatic carboxylic acids is 1. The first-order valence-corrected chi connectivity index (χ1v) is 6.06. The zero-order valence-corrected chi connectivity index (χ0v) is 10.5. The van der Waals surface area contributed by atoms with Crippen LogP contribution in [-0.4, -0.2) is 40.0 Å². The van der Waals surface area contributed by atoms with Gasteiger partial charge in [-0.25, -0.2) is 9.59 Å². The first-order chi connectivity index (χ1) is 9.49. The maximum atomic E-state index is 11.9. The summed E-state index contributed by atoms with van der Waals surface area (Å²) < 4.78 is 0. The molecule has 0 aliphatic carbocycles. The van der Waals surface area contributed by atoms with Crippen molar-refractivity contribution < 1.29 is 19.6 Å². The molecule has 8 nitrogen and oxygen atoms in total. The van der Waals surface area contributed by atoms with Gasteiger partial charge in [-0.2, -0.15) is 0 Å². The summed E-state index contributed by atoms with van der Waals surface area (Å²) in [7, 11) is 0. The molecule has 0 bridgehead atoms. The van der Waals surface area contributed by atoms with Gasteiger partial charge in [-0.1, -0.05) is 0 Å².